The van der Waals surface area contributed by atoms with Crippen molar-refractivity contribution in [2.75, 3.05) is 5.32 Å². The van der Waals surface area contributed by atoms with Gasteiger partial charge in [-0.25, -0.2) is 4.79 Å². The Labute approximate surface area is 109 Å². The lowest BCUT2D eigenvalue weighted by molar-refractivity contribution is 0.255. The van der Waals surface area contributed by atoms with Gasteiger partial charge in [-0.1, -0.05) is 12.1 Å². The minimum Gasteiger partial charge on any atom is -0.315 e. The van der Waals surface area contributed by atoms with Gasteiger partial charge in [-0.05, 0) is 59.3 Å². The Hall–Kier alpha value is -1.29. The molecule has 90 valence electrons. The van der Waals surface area contributed by atoms with E-state index < -0.39 is 0 Å². The summed E-state index contributed by atoms with van der Waals surface area (Å²) in [7, 11) is 0. The summed E-state index contributed by atoms with van der Waals surface area (Å²) >= 11 is 3.42. The summed E-state index contributed by atoms with van der Waals surface area (Å²) in [5, 5.41) is 5.48. The fourth-order valence-corrected chi connectivity index (χ4v) is 2.02. The van der Waals surface area contributed by atoms with Gasteiger partial charge in [0.15, 0.2) is 0 Å². The molecule has 0 heterocycles. The fourth-order valence-electron chi connectivity index (χ4n) is 1.43. The predicted molar refractivity (Wildman–Crippen MR) is 72.9 cm³/mol. The van der Waals surface area contributed by atoms with E-state index in [0.29, 0.717) is 5.92 Å². The lowest BCUT2D eigenvalue weighted by Gasteiger charge is -2.07. The molecule has 1 saturated carbocycles. The van der Waals surface area contributed by atoms with Crippen LogP contribution in [0.1, 0.15) is 18.4 Å². The molecule has 2 rings (SSSR count). The minimum absolute atomic E-state index is 0.216. The summed E-state index contributed by atoms with van der Waals surface area (Å²) in [6.45, 7) is 2.01. The van der Waals surface area contributed by atoms with Gasteiger partial charge in [-0.2, -0.15) is 0 Å². The second kappa shape index (κ2) is 5.36. The normalized spacial score (nSPS) is 14.9. The third kappa shape index (κ3) is 3.89. The van der Waals surface area contributed by atoms with Crippen LogP contribution >= 0.6 is 15.9 Å². The van der Waals surface area contributed by atoms with Gasteiger partial charge in [0.2, 0.25) is 0 Å². The summed E-state index contributed by atoms with van der Waals surface area (Å²) < 4.78 is 0.888. The smallest absolute Gasteiger partial charge is 0.315 e. The van der Waals surface area contributed by atoms with Crippen molar-refractivity contribution in [2.24, 2.45) is 5.92 Å². The van der Waals surface area contributed by atoms with E-state index in [2.05, 4.69) is 26.6 Å². The van der Waals surface area contributed by atoms with Gasteiger partial charge >= 0.3 is 6.03 Å². The van der Waals surface area contributed by atoms with Crippen LogP contribution in [0.5, 0.6) is 0 Å². The van der Waals surface area contributed by atoms with E-state index in [1.165, 1.54) is 12.8 Å². The molecule has 0 saturated heterocycles. The van der Waals surface area contributed by atoms with Gasteiger partial charge in [0.1, 0.15) is 0 Å². The first kappa shape index (κ1) is 12.2. The number of hydrogen-bond acceptors (Lipinski definition) is 1. The molecule has 0 aromatic heterocycles. The zero-order valence-electron chi connectivity index (χ0n) is 9.66. The molecular weight excluding hydrogens is 280 g/mol. The molecule has 17 heavy (non-hydrogen) atoms. The van der Waals surface area contributed by atoms with E-state index in [9.17, 15) is 4.79 Å². The molecule has 1 aliphatic carbocycles. The van der Waals surface area contributed by atoms with Crippen LogP contribution in [-0.4, -0.2) is 6.03 Å². The van der Waals surface area contributed by atoms with Crippen molar-refractivity contribution in [1.82, 2.24) is 5.32 Å². The number of nitrogens with one attached hydrogen (secondary N) is 2. The van der Waals surface area contributed by atoms with Crippen LogP contribution in [0.4, 0.5) is 10.5 Å². The fraction of sp³-hybridized carbons (Fsp3) is 0.308. The molecule has 0 spiro atoms. The molecular formula is C13H15BrN2O. The number of allylic oxidation sites excluding steroid dienone is 1. The van der Waals surface area contributed by atoms with Crippen molar-refractivity contribution in [3.8, 4) is 0 Å². The average molecular weight is 295 g/mol. The van der Waals surface area contributed by atoms with Crippen LogP contribution in [0, 0.1) is 12.8 Å². The van der Waals surface area contributed by atoms with Crippen molar-refractivity contribution in [3.05, 3.63) is 40.5 Å². The zero-order chi connectivity index (χ0) is 12.3. The van der Waals surface area contributed by atoms with Crippen LogP contribution in [0.25, 0.3) is 0 Å². The highest BCUT2D eigenvalue weighted by Crippen LogP contribution is 2.29. The summed E-state index contributed by atoms with van der Waals surface area (Å²) in [6, 6.07) is 5.59. The molecule has 0 atom stereocenters. The van der Waals surface area contributed by atoms with Gasteiger partial charge < -0.3 is 10.6 Å². The minimum atomic E-state index is -0.216. The SMILES string of the molecule is Cc1ccc(NC(=O)N/C=C/C2CC2)c(Br)c1. The summed E-state index contributed by atoms with van der Waals surface area (Å²) in [5.74, 6) is 0.668. The van der Waals surface area contributed by atoms with Crippen LogP contribution in [-0.2, 0) is 0 Å². The maximum absolute atomic E-state index is 11.6. The highest BCUT2D eigenvalue weighted by Gasteiger charge is 2.17. The molecule has 2 amide bonds. The van der Waals surface area contributed by atoms with Crippen molar-refractivity contribution in [2.45, 2.75) is 19.8 Å². The van der Waals surface area contributed by atoms with Gasteiger partial charge in [-0.3, -0.25) is 0 Å². The third-order valence-corrected chi connectivity index (χ3v) is 3.23. The lowest BCUT2D eigenvalue weighted by atomic mass is 10.2. The van der Waals surface area contributed by atoms with E-state index in [4.69, 9.17) is 0 Å². The molecule has 0 unspecified atom stereocenters. The number of urea groups is 1. The van der Waals surface area contributed by atoms with E-state index in [1.54, 1.807) is 6.20 Å². The number of carbonyl (C=O) groups excluding carboxylic acids is 1. The molecule has 1 aliphatic rings. The molecule has 0 aliphatic heterocycles. The summed E-state index contributed by atoms with van der Waals surface area (Å²) in [4.78, 5) is 11.6. The molecule has 0 radical (unpaired) electrons. The second-order valence-corrected chi connectivity index (χ2v) is 5.13. The Bertz CT molecular complexity index is 453. The summed E-state index contributed by atoms with van der Waals surface area (Å²) in [5.41, 5.74) is 1.92. The zero-order valence-corrected chi connectivity index (χ0v) is 11.3. The molecule has 2 N–H and O–H groups in total. The van der Waals surface area contributed by atoms with E-state index in [0.717, 1.165) is 15.7 Å². The van der Waals surface area contributed by atoms with Gasteiger partial charge in [0.05, 0.1) is 5.69 Å². The molecule has 1 aromatic carbocycles. The molecule has 4 heteroatoms. The van der Waals surface area contributed by atoms with Crippen molar-refractivity contribution >= 4 is 27.6 Å². The maximum atomic E-state index is 11.6. The standard InChI is InChI=1S/C13H15BrN2O/c1-9-2-5-12(11(14)8-9)16-13(17)15-7-6-10-3-4-10/h2,5-8,10H,3-4H2,1H3,(H2,15,16,17)/b7-6+. The molecule has 3 nitrogen and oxygen atoms in total. The first-order valence-electron chi connectivity index (χ1n) is 5.65. The lowest BCUT2D eigenvalue weighted by Crippen LogP contribution is -2.24. The van der Waals surface area contributed by atoms with E-state index in [-0.39, 0.29) is 6.03 Å². The van der Waals surface area contributed by atoms with Gasteiger partial charge in [-0.15, -0.1) is 0 Å². The number of amides is 2. The quantitative estimate of drug-likeness (QED) is 0.875. The predicted octanol–water partition coefficient (Wildman–Crippen LogP) is 3.80. The number of aryl methyl sites for hydroxylation is 1. The molecule has 0 bridgehead atoms. The largest absolute Gasteiger partial charge is 0.323 e. The van der Waals surface area contributed by atoms with Crippen LogP contribution < -0.4 is 10.6 Å². The van der Waals surface area contributed by atoms with Crippen molar-refractivity contribution in [3.63, 3.8) is 0 Å². The molecule has 1 aromatic rings. The maximum Gasteiger partial charge on any atom is 0.323 e. The Morgan fingerprint density at radius 3 is 2.88 bits per heavy atom. The Kier molecular flexibility index (Phi) is 3.84. The van der Waals surface area contributed by atoms with Crippen LogP contribution in [0.3, 0.4) is 0 Å². The third-order valence-electron chi connectivity index (χ3n) is 2.58. The number of carbonyl (C=O) groups is 1. The average Bonchev–Trinajstić information content (AvgIpc) is 3.06. The van der Waals surface area contributed by atoms with Crippen molar-refractivity contribution < 1.29 is 4.79 Å². The highest BCUT2D eigenvalue weighted by molar-refractivity contribution is 9.10. The number of rotatable bonds is 3. The second-order valence-electron chi connectivity index (χ2n) is 4.28. The highest BCUT2D eigenvalue weighted by atomic mass is 79.9. The topological polar surface area (TPSA) is 41.1 Å². The Morgan fingerprint density at radius 2 is 2.24 bits per heavy atom. The van der Waals surface area contributed by atoms with Crippen molar-refractivity contribution in [1.29, 1.82) is 0 Å². The first-order chi connectivity index (χ1) is 8.15. The Morgan fingerprint density at radius 1 is 1.47 bits per heavy atom. The van der Waals surface area contributed by atoms with E-state index in [1.807, 2.05) is 31.2 Å². The number of halogens is 1. The number of anilines is 1. The molecule has 1 fully saturated rings. The number of hydrogen-bond donors (Lipinski definition) is 2. The van der Waals surface area contributed by atoms with E-state index >= 15 is 0 Å². The van der Waals surface area contributed by atoms with Gasteiger partial charge in [0.25, 0.3) is 0 Å². The summed E-state index contributed by atoms with van der Waals surface area (Å²) in [6.07, 6.45) is 6.23. The van der Waals surface area contributed by atoms with Crippen LogP contribution in [0.2, 0.25) is 0 Å². The van der Waals surface area contributed by atoms with Crippen LogP contribution in [0.15, 0.2) is 34.9 Å². The first-order valence-corrected chi connectivity index (χ1v) is 6.45. The van der Waals surface area contributed by atoms with Gasteiger partial charge in [0, 0.05) is 10.7 Å². The Balaban J connectivity index is 1.88. The monoisotopic (exact) mass is 294 g/mol. The number of benzene rings is 1.